The molecule has 0 fully saturated rings. The maximum Gasteiger partial charge on any atom is 0.408 e. The zero-order valence-electron chi connectivity index (χ0n) is 21.7. The molecule has 0 heterocycles. The van der Waals surface area contributed by atoms with Gasteiger partial charge in [-0.25, -0.2) is 4.79 Å². The first-order valence-electron chi connectivity index (χ1n) is 11.3. The van der Waals surface area contributed by atoms with Crippen molar-refractivity contribution in [3.8, 4) is 18.1 Å². The molecule has 37 heavy (non-hydrogen) atoms. The van der Waals surface area contributed by atoms with Crippen LogP contribution >= 0.6 is 0 Å². The number of alkyl carbamates (subject to hydrolysis) is 1. The third-order valence-corrected chi connectivity index (χ3v) is 4.85. The number of terminal acetylenes is 1. The summed E-state index contributed by atoms with van der Waals surface area (Å²) in [7, 11) is 2.87. The Labute approximate surface area is 215 Å². The van der Waals surface area contributed by atoms with Gasteiger partial charge in [0.1, 0.15) is 29.5 Å². The minimum Gasteiger partial charge on any atom is -0.495 e. The topological polar surface area (TPSA) is 184 Å². The summed E-state index contributed by atoms with van der Waals surface area (Å²) in [6.07, 6.45) is 4.63. The summed E-state index contributed by atoms with van der Waals surface area (Å²) in [5, 5.41) is 13.3. The Balaban J connectivity index is 3.02. The van der Waals surface area contributed by atoms with E-state index in [1.807, 2.05) is 0 Å². The first kappa shape index (κ1) is 30.6. The summed E-state index contributed by atoms with van der Waals surface area (Å²) in [5.41, 5.74) is 8.50. The summed E-state index contributed by atoms with van der Waals surface area (Å²) in [5.74, 6) is 0.991. The molecule has 0 radical (unpaired) electrons. The van der Waals surface area contributed by atoms with Crippen molar-refractivity contribution in [1.29, 1.82) is 0 Å². The molecule has 0 saturated carbocycles. The van der Waals surface area contributed by atoms with Crippen LogP contribution in [0.2, 0.25) is 0 Å². The monoisotopic (exact) mass is 515 g/mol. The van der Waals surface area contributed by atoms with Crippen LogP contribution in [0.3, 0.4) is 0 Å². The second kappa shape index (κ2) is 14.2. The van der Waals surface area contributed by atoms with Gasteiger partial charge < -0.3 is 30.7 Å². The number of nitrogens with zero attached hydrogens (tertiary/aromatic N) is 3. The summed E-state index contributed by atoms with van der Waals surface area (Å²) in [6, 6.07) is 1.33. The van der Waals surface area contributed by atoms with E-state index in [9.17, 15) is 19.2 Å². The van der Waals surface area contributed by atoms with Crippen molar-refractivity contribution in [3.63, 3.8) is 0 Å². The van der Waals surface area contributed by atoms with Crippen LogP contribution in [0.5, 0.6) is 5.75 Å². The molecule has 0 unspecified atom stereocenters. The van der Waals surface area contributed by atoms with Crippen molar-refractivity contribution in [2.24, 2.45) is 5.11 Å². The lowest BCUT2D eigenvalue weighted by atomic mass is 10.0. The van der Waals surface area contributed by atoms with Crippen molar-refractivity contribution in [1.82, 2.24) is 21.3 Å². The van der Waals surface area contributed by atoms with Gasteiger partial charge in [-0.15, -0.1) is 6.42 Å². The lowest BCUT2D eigenvalue weighted by Gasteiger charge is -2.25. The number of hydrogen-bond acceptors (Lipinski definition) is 7. The molecule has 1 aromatic rings. The minimum atomic E-state index is -1.15. The van der Waals surface area contributed by atoms with Gasteiger partial charge in [-0.2, -0.15) is 0 Å². The number of methoxy groups -OCH3 is 1. The van der Waals surface area contributed by atoms with Crippen LogP contribution in [-0.4, -0.2) is 62.2 Å². The Morgan fingerprint density at radius 1 is 1.14 bits per heavy atom. The fraction of sp³-hybridized carbons (Fsp3) is 0.500. The zero-order chi connectivity index (χ0) is 28.2. The Kier molecular flexibility index (Phi) is 11.7. The molecule has 0 aliphatic rings. The van der Waals surface area contributed by atoms with E-state index in [1.54, 1.807) is 39.0 Å². The average molecular weight is 516 g/mol. The number of hydrogen-bond donors (Lipinski definition) is 4. The van der Waals surface area contributed by atoms with E-state index in [2.05, 4.69) is 37.2 Å². The molecule has 3 atom stereocenters. The molecule has 0 aliphatic carbocycles. The number of azide groups is 1. The van der Waals surface area contributed by atoms with Crippen molar-refractivity contribution in [2.45, 2.75) is 57.8 Å². The highest BCUT2D eigenvalue weighted by molar-refractivity contribution is 5.94. The van der Waals surface area contributed by atoms with Gasteiger partial charge in [0.25, 0.3) is 0 Å². The average Bonchev–Trinajstić information content (AvgIpc) is 2.84. The van der Waals surface area contributed by atoms with Crippen LogP contribution in [0, 0.1) is 12.3 Å². The molecular formula is C24H33N7O6. The number of carbonyl (C=O) groups excluding carboxylic acids is 4. The van der Waals surface area contributed by atoms with Crippen LogP contribution in [0.1, 0.15) is 51.3 Å². The molecule has 0 saturated heterocycles. The van der Waals surface area contributed by atoms with Crippen LogP contribution in [-0.2, 0) is 19.1 Å². The van der Waals surface area contributed by atoms with Gasteiger partial charge in [0.05, 0.1) is 12.7 Å². The van der Waals surface area contributed by atoms with Crippen LogP contribution in [0.25, 0.3) is 10.4 Å². The molecule has 13 heteroatoms. The maximum atomic E-state index is 12.9. The third-order valence-electron chi connectivity index (χ3n) is 4.85. The van der Waals surface area contributed by atoms with Gasteiger partial charge >= 0.3 is 6.09 Å². The Morgan fingerprint density at radius 3 is 2.35 bits per heavy atom. The van der Waals surface area contributed by atoms with Crippen LogP contribution < -0.4 is 26.0 Å². The molecule has 4 N–H and O–H groups in total. The van der Waals surface area contributed by atoms with E-state index in [-0.39, 0.29) is 13.0 Å². The van der Waals surface area contributed by atoms with E-state index < -0.39 is 47.5 Å². The Hall–Kier alpha value is -4.43. The molecule has 0 bridgehead atoms. The van der Waals surface area contributed by atoms with E-state index in [1.165, 1.54) is 21.1 Å². The quantitative estimate of drug-likeness (QED) is 0.150. The lowest BCUT2D eigenvalue weighted by molar-refractivity contribution is -0.132. The minimum absolute atomic E-state index is 0.0367. The first-order chi connectivity index (χ1) is 17.4. The van der Waals surface area contributed by atoms with Gasteiger partial charge in [0, 0.05) is 18.5 Å². The van der Waals surface area contributed by atoms with Crippen molar-refractivity contribution < 1.29 is 28.7 Å². The highest BCUT2D eigenvalue weighted by Gasteiger charge is 2.29. The highest BCUT2D eigenvalue weighted by Crippen LogP contribution is 2.23. The lowest BCUT2D eigenvalue weighted by Crippen LogP contribution is -2.54. The fourth-order valence-electron chi connectivity index (χ4n) is 3.06. The maximum absolute atomic E-state index is 12.9. The van der Waals surface area contributed by atoms with Crippen LogP contribution in [0.15, 0.2) is 23.3 Å². The molecule has 1 rings (SSSR count). The van der Waals surface area contributed by atoms with E-state index in [4.69, 9.17) is 21.4 Å². The van der Waals surface area contributed by atoms with E-state index in [0.717, 1.165) is 0 Å². The highest BCUT2D eigenvalue weighted by atomic mass is 16.6. The number of benzene rings is 1. The number of likely N-dealkylation sites (N-methyl/N-ethyl adjacent to an activating group) is 1. The first-order valence-corrected chi connectivity index (χ1v) is 11.3. The second-order valence-corrected chi connectivity index (χ2v) is 8.83. The predicted octanol–water partition coefficient (Wildman–Crippen LogP) is 1.68. The van der Waals surface area contributed by atoms with Crippen molar-refractivity contribution in [2.75, 3.05) is 20.7 Å². The zero-order valence-corrected chi connectivity index (χ0v) is 21.7. The summed E-state index contributed by atoms with van der Waals surface area (Å²) >= 11 is 0. The number of nitrogens with one attached hydrogen (secondary N) is 4. The predicted molar refractivity (Wildman–Crippen MR) is 135 cm³/mol. The van der Waals surface area contributed by atoms with Crippen molar-refractivity contribution in [3.05, 3.63) is 39.8 Å². The Morgan fingerprint density at radius 2 is 1.81 bits per heavy atom. The number of carbonyl (C=O) groups is 4. The molecule has 200 valence electrons. The fourth-order valence-corrected chi connectivity index (χ4v) is 3.06. The van der Waals surface area contributed by atoms with E-state index in [0.29, 0.717) is 16.9 Å². The summed E-state index contributed by atoms with van der Waals surface area (Å²) in [4.78, 5) is 53.1. The molecule has 1 aromatic carbocycles. The molecule has 0 aliphatic heterocycles. The van der Waals surface area contributed by atoms with Crippen molar-refractivity contribution >= 4 is 23.8 Å². The van der Waals surface area contributed by atoms with Gasteiger partial charge in [0.15, 0.2) is 0 Å². The van der Waals surface area contributed by atoms with Gasteiger partial charge in [0.2, 0.25) is 17.7 Å². The van der Waals surface area contributed by atoms with Gasteiger partial charge in [-0.05, 0) is 57.3 Å². The molecule has 0 aromatic heterocycles. The van der Waals surface area contributed by atoms with Crippen LogP contribution in [0.4, 0.5) is 4.79 Å². The molecule has 0 spiro atoms. The van der Waals surface area contributed by atoms with Gasteiger partial charge in [-0.3, -0.25) is 14.4 Å². The molecule has 13 nitrogen and oxygen atoms in total. The van der Waals surface area contributed by atoms with E-state index >= 15 is 0 Å². The number of ether oxygens (including phenoxy) is 2. The normalized spacial score (nSPS) is 12.9. The summed E-state index contributed by atoms with van der Waals surface area (Å²) < 4.78 is 10.4. The standard InChI is InChI=1S/C24H33N7O6/c1-8-15-13-16(9-10-18(15)36-7)19(22(34)26-6)30-20(32)14(2)28-21(33)17(11-12-27-31-25)29-23(35)37-24(3,4)5/h1,9-10,13-14,17,19H,11-12H2,2-7H3,(H,26,34)(H,28,33)(H,29,35)(H,30,32)/t14-,17+,19+/m1/s1. The number of amides is 4. The SMILES string of the molecule is C#Cc1cc([C@H](NC(=O)[C@@H](C)NC(=O)[C@H](CCN=[N+]=[N-])NC(=O)OC(C)(C)C)C(=O)NC)ccc1OC. The second-order valence-electron chi connectivity index (χ2n) is 8.83. The number of rotatable bonds is 11. The third kappa shape index (κ3) is 9.99. The Bertz CT molecular complexity index is 1090. The van der Waals surface area contributed by atoms with Gasteiger partial charge in [-0.1, -0.05) is 17.1 Å². The molecular weight excluding hydrogens is 482 g/mol. The summed E-state index contributed by atoms with van der Waals surface area (Å²) in [6.45, 7) is 6.30. The smallest absolute Gasteiger partial charge is 0.408 e. The largest absolute Gasteiger partial charge is 0.495 e. The molecule has 4 amide bonds.